The number of hydrogen-bond donors (Lipinski definition) is 0. The van der Waals surface area contributed by atoms with E-state index >= 15 is 0 Å². The molecule has 0 N–H and O–H groups in total. The van der Waals surface area contributed by atoms with Crippen LogP contribution in [0.15, 0.2) is 245 Å². The Labute approximate surface area is 365 Å². The lowest BCUT2D eigenvalue weighted by Gasteiger charge is -2.26. The van der Waals surface area contributed by atoms with E-state index in [-0.39, 0.29) is 0 Å². The molecule has 63 heavy (non-hydrogen) atoms. The molecular weight excluding hydrogens is 767 g/mol. The van der Waals surface area contributed by atoms with Crippen molar-refractivity contribution in [1.82, 2.24) is 0 Å². The summed E-state index contributed by atoms with van der Waals surface area (Å²) in [6.45, 7) is 0. The van der Waals surface area contributed by atoms with E-state index in [4.69, 9.17) is 8.83 Å². The fraction of sp³-hybridized carbons (Fsp3) is 0. The molecular formula is C60H39NO2. The number of rotatable bonds is 8. The first kappa shape index (κ1) is 36.5. The van der Waals surface area contributed by atoms with Crippen molar-refractivity contribution in [3.63, 3.8) is 0 Å². The minimum absolute atomic E-state index is 0.881. The van der Waals surface area contributed by atoms with E-state index in [1.807, 2.05) is 24.3 Å². The molecule has 3 heteroatoms. The molecule has 0 saturated carbocycles. The first-order chi connectivity index (χ1) is 31.2. The van der Waals surface area contributed by atoms with Crippen molar-refractivity contribution in [3.05, 3.63) is 237 Å². The Morgan fingerprint density at radius 1 is 0.238 bits per heavy atom. The van der Waals surface area contributed by atoms with Crippen molar-refractivity contribution in [2.45, 2.75) is 0 Å². The number of nitrogens with zero attached hydrogens (tertiary/aromatic N) is 1. The van der Waals surface area contributed by atoms with E-state index in [0.717, 1.165) is 105 Å². The molecule has 3 nitrogen and oxygen atoms in total. The smallest absolute Gasteiger partial charge is 0.143 e. The van der Waals surface area contributed by atoms with Gasteiger partial charge >= 0.3 is 0 Å². The maximum absolute atomic E-state index is 6.62. The maximum atomic E-state index is 6.62. The highest BCUT2D eigenvalue weighted by molar-refractivity contribution is 6.12. The van der Waals surface area contributed by atoms with Gasteiger partial charge in [0.25, 0.3) is 0 Å². The van der Waals surface area contributed by atoms with Gasteiger partial charge in [0.2, 0.25) is 0 Å². The van der Waals surface area contributed by atoms with Crippen LogP contribution in [0.2, 0.25) is 0 Å². The number of fused-ring (bicyclic) bond motifs is 6. The second-order valence-electron chi connectivity index (χ2n) is 16.1. The van der Waals surface area contributed by atoms with E-state index in [1.54, 1.807) is 0 Å². The topological polar surface area (TPSA) is 29.5 Å². The Bertz CT molecular complexity index is 3500. The van der Waals surface area contributed by atoms with Gasteiger partial charge in [0.05, 0.1) is 0 Å². The molecule has 0 atom stereocenters. The number of hydrogen-bond acceptors (Lipinski definition) is 3. The Kier molecular flexibility index (Phi) is 8.83. The molecule has 0 aliphatic rings. The lowest BCUT2D eigenvalue weighted by Crippen LogP contribution is -2.10. The molecule has 0 radical (unpaired) electrons. The average molecular weight is 806 g/mol. The van der Waals surface area contributed by atoms with E-state index < -0.39 is 0 Å². The zero-order chi connectivity index (χ0) is 41.7. The van der Waals surface area contributed by atoms with E-state index in [1.165, 1.54) is 11.1 Å². The van der Waals surface area contributed by atoms with Crippen molar-refractivity contribution >= 4 is 60.9 Å². The summed E-state index contributed by atoms with van der Waals surface area (Å²) >= 11 is 0. The summed E-state index contributed by atoms with van der Waals surface area (Å²) in [4.78, 5) is 2.34. The van der Waals surface area contributed by atoms with Crippen molar-refractivity contribution in [1.29, 1.82) is 0 Å². The van der Waals surface area contributed by atoms with E-state index in [0.29, 0.717) is 0 Å². The number of para-hydroxylation sites is 5. The molecule has 12 rings (SSSR count). The SMILES string of the molecule is c1ccc(-c2cccc(N(c3ccccc3)c3cccc(-c4cccc(-c5cc(-c6cccc7c6oc6ccccc67)cc(-c6cccc7c6oc6ccccc67)c5)c4)c3)c2)cc1. The second-order valence-corrected chi connectivity index (χ2v) is 16.1. The molecule has 2 aromatic heterocycles. The van der Waals surface area contributed by atoms with Crippen LogP contribution in [0, 0.1) is 0 Å². The van der Waals surface area contributed by atoms with Crippen LogP contribution >= 0.6 is 0 Å². The largest absolute Gasteiger partial charge is 0.455 e. The van der Waals surface area contributed by atoms with Crippen LogP contribution in [0.1, 0.15) is 0 Å². The molecule has 2 heterocycles. The standard InChI is InChI=1S/C60H39NO2/c1-3-16-40(17-4-1)43-20-12-24-49(38-43)61(48-22-5-2-6-23-48)50-25-13-21-44(39-50)41-18-11-19-42(34-41)45-35-46(51-28-14-30-55-53-26-7-9-32-57(53)62-59(51)55)37-47(36-45)52-29-15-31-56-54-27-8-10-33-58(54)63-60(52)56/h1-39H. The van der Waals surface area contributed by atoms with Gasteiger partial charge < -0.3 is 13.7 Å². The molecule has 0 aliphatic heterocycles. The molecule has 296 valence electrons. The van der Waals surface area contributed by atoms with Gasteiger partial charge in [-0.2, -0.15) is 0 Å². The summed E-state index contributed by atoms with van der Waals surface area (Å²) in [5.41, 5.74) is 17.9. The molecule has 0 spiro atoms. The number of benzene rings is 10. The Balaban J connectivity index is 1.00. The zero-order valence-electron chi connectivity index (χ0n) is 34.3. The molecule has 0 unspecified atom stereocenters. The summed E-state index contributed by atoms with van der Waals surface area (Å²) in [7, 11) is 0. The van der Waals surface area contributed by atoms with Gasteiger partial charge in [-0.25, -0.2) is 0 Å². The summed E-state index contributed by atoms with van der Waals surface area (Å²) in [5, 5.41) is 4.44. The van der Waals surface area contributed by atoms with Crippen molar-refractivity contribution in [2.24, 2.45) is 0 Å². The second kappa shape index (κ2) is 15.3. The summed E-state index contributed by atoms with van der Waals surface area (Å²) in [5.74, 6) is 0. The highest BCUT2D eigenvalue weighted by atomic mass is 16.3. The molecule has 0 amide bonds. The van der Waals surface area contributed by atoms with Crippen molar-refractivity contribution in [3.8, 4) is 55.6 Å². The van der Waals surface area contributed by atoms with Gasteiger partial charge in [-0.15, -0.1) is 0 Å². The maximum Gasteiger partial charge on any atom is 0.143 e. The Hall–Kier alpha value is -8.40. The van der Waals surface area contributed by atoms with Crippen LogP contribution in [-0.2, 0) is 0 Å². The minimum Gasteiger partial charge on any atom is -0.455 e. The van der Waals surface area contributed by atoms with E-state index in [9.17, 15) is 0 Å². The molecule has 0 aliphatic carbocycles. The van der Waals surface area contributed by atoms with Gasteiger partial charge in [-0.05, 0) is 117 Å². The van der Waals surface area contributed by atoms with E-state index in [2.05, 4.69) is 217 Å². The first-order valence-electron chi connectivity index (χ1n) is 21.4. The fourth-order valence-corrected chi connectivity index (χ4v) is 9.24. The predicted molar refractivity (Wildman–Crippen MR) is 263 cm³/mol. The number of anilines is 3. The fourth-order valence-electron chi connectivity index (χ4n) is 9.24. The van der Waals surface area contributed by atoms with Crippen LogP contribution in [0.4, 0.5) is 17.1 Å². The third-order valence-electron chi connectivity index (χ3n) is 12.2. The highest BCUT2D eigenvalue weighted by Gasteiger charge is 2.19. The van der Waals surface area contributed by atoms with Crippen molar-refractivity contribution < 1.29 is 8.83 Å². The zero-order valence-corrected chi connectivity index (χ0v) is 34.3. The normalized spacial score (nSPS) is 11.5. The van der Waals surface area contributed by atoms with Crippen LogP contribution in [0.25, 0.3) is 99.5 Å². The number of furan rings is 2. The monoisotopic (exact) mass is 805 g/mol. The summed E-state index contributed by atoms with van der Waals surface area (Å²) < 4.78 is 13.2. The van der Waals surface area contributed by atoms with Gasteiger partial charge in [0.15, 0.2) is 0 Å². The third kappa shape index (κ3) is 6.55. The summed E-state index contributed by atoms with van der Waals surface area (Å²) in [6, 6.07) is 84.1. The molecule has 12 aromatic rings. The summed E-state index contributed by atoms with van der Waals surface area (Å²) in [6.07, 6.45) is 0. The lowest BCUT2D eigenvalue weighted by atomic mass is 9.91. The van der Waals surface area contributed by atoms with Gasteiger partial charge in [0, 0.05) is 49.7 Å². The predicted octanol–water partition coefficient (Wildman–Crippen LogP) is 17.3. The molecule has 10 aromatic carbocycles. The minimum atomic E-state index is 0.881. The highest BCUT2D eigenvalue weighted by Crippen LogP contribution is 2.43. The quantitative estimate of drug-likeness (QED) is 0.153. The van der Waals surface area contributed by atoms with Gasteiger partial charge in [-0.1, -0.05) is 164 Å². The Morgan fingerprint density at radius 2 is 0.603 bits per heavy atom. The Morgan fingerprint density at radius 3 is 1.17 bits per heavy atom. The van der Waals surface area contributed by atoms with Crippen molar-refractivity contribution in [2.75, 3.05) is 4.90 Å². The van der Waals surface area contributed by atoms with Crippen LogP contribution in [-0.4, -0.2) is 0 Å². The third-order valence-corrected chi connectivity index (χ3v) is 12.2. The average Bonchev–Trinajstić information content (AvgIpc) is 3.94. The van der Waals surface area contributed by atoms with Gasteiger partial charge in [0.1, 0.15) is 22.3 Å². The first-order valence-corrected chi connectivity index (χ1v) is 21.4. The van der Waals surface area contributed by atoms with Crippen LogP contribution in [0.5, 0.6) is 0 Å². The van der Waals surface area contributed by atoms with Crippen LogP contribution in [0.3, 0.4) is 0 Å². The molecule has 0 saturated heterocycles. The van der Waals surface area contributed by atoms with Crippen LogP contribution < -0.4 is 4.90 Å². The lowest BCUT2D eigenvalue weighted by molar-refractivity contribution is 0.670. The molecule has 0 bridgehead atoms. The van der Waals surface area contributed by atoms with Gasteiger partial charge in [-0.3, -0.25) is 0 Å². The molecule has 0 fully saturated rings.